The average Bonchev–Trinajstić information content (AvgIpc) is 2.27. The number of amides is 1. The Kier molecular flexibility index (Phi) is 3.67. The molecule has 1 atom stereocenters. The van der Waals surface area contributed by atoms with E-state index in [2.05, 4.69) is 0 Å². The third-order valence-corrected chi connectivity index (χ3v) is 3.27. The lowest BCUT2D eigenvalue weighted by atomic mass is 9.84. The van der Waals surface area contributed by atoms with Crippen molar-refractivity contribution in [3.8, 4) is 0 Å². The summed E-state index contributed by atoms with van der Waals surface area (Å²) < 4.78 is 0. The molecule has 1 unspecified atom stereocenters. The minimum Gasteiger partial charge on any atom is -0.479 e. The molecule has 1 heterocycles. The van der Waals surface area contributed by atoms with Gasteiger partial charge >= 0.3 is 5.97 Å². The molecule has 1 aliphatic rings. The molecule has 1 N–H and O–H groups in total. The number of ketones is 1. The van der Waals surface area contributed by atoms with Gasteiger partial charge in [-0.1, -0.05) is 6.92 Å². The molecule has 16 heavy (non-hydrogen) atoms. The van der Waals surface area contributed by atoms with Gasteiger partial charge < -0.3 is 10.0 Å². The van der Waals surface area contributed by atoms with Crippen molar-refractivity contribution in [1.29, 1.82) is 0 Å². The minimum absolute atomic E-state index is 0.335. The van der Waals surface area contributed by atoms with Gasteiger partial charge in [0.1, 0.15) is 5.54 Å². The lowest BCUT2D eigenvalue weighted by Gasteiger charge is -2.43. The zero-order chi connectivity index (χ0) is 12.3. The maximum atomic E-state index is 11.7. The van der Waals surface area contributed by atoms with Crippen LogP contribution in [0.3, 0.4) is 0 Å². The largest absolute Gasteiger partial charge is 0.479 e. The predicted octanol–water partition coefficient (Wildman–Crippen LogP) is 0.821. The average molecular weight is 227 g/mol. The lowest BCUT2D eigenvalue weighted by molar-refractivity contribution is -0.164. The fraction of sp³-hybridized carbons (Fsp3) is 0.727. The highest BCUT2D eigenvalue weighted by atomic mass is 16.4. The molecule has 0 bridgehead atoms. The van der Waals surface area contributed by atoms with Crippen LogP contribution in [0.5, 0.6) is 0 Å². The van der Waals surface area contributed by atoms with Crippen LogP contribution in [0.4, 0.5) is 0 Å². The van der Waals surface area contributed by atoms with Gasteiger partial charge in [-0.25, -0.2) is 4.79 Å². The van der Waals surface area contributed by atoms with Crippen molar-refractivity contribution in [2.75, 3.05) is 6.54 Å². The van der Waals surface area contributed by atoms with E-state index in [0.29, 0.717) is 19.4 Å². The number of aliphatic carboxylic acids is 1. The maximum absolute atomic E-state index is 11.7. The molecule has 5 heteroatoms. The summed E-state index contributed by atoms with van der Waals surface area (Å²) in [6, 6.07) is 0. The SMILES string of the molecule is CCC1(C(=O)O)CCCCN1C(=O)C(C)=O. The Morgan fingerprint density at radius 2 is 1.94 bits per heavy atom. The molecule has 1 amide bonds. The molecule has 0 aromatic rings. The van der Waals surface area contributed by atoms with Crippen LogP contribution in [0.1, 0.15) is 39.5 Å². The summed E-state index contributed by atoms with van der Waals surface area (Å²) in [5, 5.41) is 9.28. The first-order valence-electron chi connectivity index (χ1n) is 5.51. The molecule has 90 valence electrons. The van der Waals surface area contributed by atoms with Crippen LogP contribution in [0.15, 0.2) is 0 Å². The van der Waals surface area contributed by atoms with Gasteiger partial charge in [0.15, 0.2) is 0 Å². The zero-order valence-corrected chi connectivity index (χ0v) is 9.65. The molecule has 1 aliphatic heterocycles. The number of hydrogen-bond acceptors (Lipinski definition) is 3. The van der Waals surface area contributed by atoms with Crippen LogP contribution in [0, 0.1) is 0 Å². The highest BCUT2D eigenvalue weighted by molar-refractivity contribution is 6.35. The molecule has 1 fully saturated rings. The highest BCUT2D eigenvalue weighted by Gasteiger charge is 2.47. The Hall–Kier alpha value is -1.39. The third kappa shape index (κ3) is 1.94. The van der Waals surface area contributed by atoms with Gasteiger partial charge in [-0.05, 0) is 25.7 Å². The number of nitrogens with zero attached hydrogens (tertiary/aromatic N) is 1. The summed E-state index contributed by atoms with van der Waals surface area (Å²) in [6.07, 6.45) is 2.30. The van der Waals surface area contributed by atoms with Crippen molar-refractivity contribution in [2.24, 2.45) is 0 Å². The summed E-state index contributed by atoms with van der Waals surface area (Å²) in [5.41, 5.74) is -1.18. The van der Waals surface area contributed by atoms with Crippen LogP contribution in [-0.4, -0.2) is 39.7 Å². The fourth-order valence-corrected chi connectivity index (χ4v) is 2.26. The van der Waals surface area contributed by atoms with Crippen molar-refractivity contribution in [3.63, 3.8) is 0 Å². The first kappa shape index (κ1) is 12.7. The maximum Gasteiger partial charge on any atom is 0.329 e. The van der Waals surface area contributed by atoms with Gasteiger partial charge in [-0.15, -0.1) is 0 Å². The number of rotatable bonds is 3. The molecule has 5 nitrogen and oxygen atoms in total. The van der Waals surface area contributed by atoms with Gasteiger partial charge in [0.2, 0.25) is 5.78 Å². The highest BCUT2D eigenvalue weighted by Crippen LogP contribution is 2.31. The number of likely N-dealkylation sites (tertiary alicyclic amines) is 1. The van der Waals surface area contributed by atoms with Crippen LogP contribution >= 0.6 is 0 Å². The second-order valence-corrected chi connectivity index (χ2v) is 4.16. The van der Waals surface area contributed by atoms with E-state index < -0.39 is 23.2 Å². The van der Waals surface area contributed by atoms with E-state index in [4.69, 9.17) is 0 Å². The number of carboxylic acid groups (broad SMARTS) is 1. The van der Waals surface area contributed by atoms with Crippen molar-refractivity contribution in [1.82, 2.24) is 4.90 Å². The smallest absolute Gasteiger partial charge is 0.329 e. The summed E-state index contributed by atoms with van der Waals surface area (Å²) in [5.74, 6) is -2.28. The Morgan fingerprint density at radius 1 is 1.31 bits per heavy atom. The van der Waals surface area contributed by atoms with Crippen LogP contribution in [0.25, 0.3) is 0 Å². The normalized spacial score (nSPS) is 25.2. The molecule has 0 spiro atoms. The lowest BCUT2D eigenvalue weighted by Crippen LogP contribution is -2.60. The van der Waals surface area contributed by atoms with E-state index in [1.54, 1.807) is 6.92 Å². The molecule has 0 radical (unpaired) electrons. The Labute approximate surface area is 94.4 Å². The summed E-state index contributed by atoms with van der Waals surface area (Å²) in [6.45, 7) is 3.28. The quantitative estimate of drug-likeness (QED) is 0.724. The minimum atomic E-state index is -1.18. The second kappa shape index (κ2) is 4.63. The van der Waals surface area contributed by atoms with E-state index in [1.807, 2.05) is 0 Å². The molecule has 1 rings (SSSR count). The molecule has 0 aromatic heterocycles. The first-order valence-corrected chi connectivity index (χ1v) is 5.51. The zero-order valence-electron chi connectivity index (χ0n) is 9.65. The van der Waals surface area contributed by atoms with E-state index in [9.17, 15) is 19.5 Å². The summed E-state index contributed by atoms with van der Waals surface area (Å²) in [7, 11) is 0. The third-order valence-electron chi connectivity index (χ3n) is 3.27. The number of Topliss-reactive ketones (excluding diaryl/α,β-unsaturated/α-hetero) is 1. The van der Waals surface area contributed by atoms with Crippen LogP contribution < -0.4 is 0 Å². The van der Waals surface area contributed by atoms with Crippen molar-refractivity contribution in [3.05, 3.63) is 0 Å². The van der Waals surface area contributed by atoms with Crippen molar-refractivity contribution >= 4 is 17.7 Å². The Bertz CT molecular complexity index is 326. The van der Waals surface area contributed by atoms with Crippen molar-refractivity contribution in [2.45, 2.75) is 45.1 Å². The van der Waals surface area contributed by atoms with E-state index in [0.717, 1.165) is 12.8 Å². The van der Waals surface area contributed by atoms with Crippen LogP contribution in [-0.2, 0) is 14.4 Å². The van der Waals surface area contributed by atoms with Gasteiger partial charge in [0, 0.05) is 13.5 Å². The second-order valence-electron chi connectivity index (χ2n) is 4.16. The standard InChI is InChI=1S/C11H17NO4/c1-3-11(10(15)16)6-4-5-7-12(11)9(14)8(2)13/h3-7H2,1-2H3,(H,15,16). The number of carboxylic acids is 1. The van der Waals surface area contributed by atoms with Gasteiger partial charge in [-0.3, -0.25) is 9.59 Å². The fourth-order valence-electron chi connectivity index (χ4n) is 2.26. The number of piperidine rings is 1. The predicted molar refractivity (Wildman–Crippen MR) is 56.9 cm³/mol. The molecule has 0 saturated carbocycles. The van der Waals surface area contributed by atoms with Gasteiger partial charge in [0.05, 0.1) is 0 Å². The molecule has 0 aliphatic carbocycles. The topological polar surface area (TPSA) is 74.7 Å². The number of hydrogen-bond donors (Lipinski definition) is 1. The van der Waals surface area contributed by atoms with E-state index >= 15 is 0 Å². The number of carbonyl (C=O) groups excluding carboxylic acids is 2. The van der Waals surface area contributed by atoms with Gasteiger partial charge in [0.25, 0.3) is 5.91 Å². The molecular weight excluding hydrogens is 210 g/mol. The number of carbonyl (C=O) groups is 3. The Morgan fingerprint density at radius 3 is 2.38 bits per heavy atom. The molecule has 0 aromatic carbocycles. The van der Waals surface area contributed by atoms with Crippen LogP contribution in [0.2, 0.25) is 0 Å². The summed E-state index contributed by atoms with van der Waals surface area (Å²) in [4.78, 5) is 35.4. The van der Waals surface area contributed by atoms with E-state index in [1.165, 1.54) is 11.8 Å². The Balaban J connectivity index is 3.06. The van der Waals surface area contributed by atoms with Crippen molar-refractivity contribution < 1.29 is 19.5 Å². The monoisotopic (exact) mass is 227 g/mol. The molecular formula is C11H17NO4. The summed E-state index contributed by atoms with van der Waals surface area (Å²) >= 11 is 0. The van der Waals surface area contributed by atoms with E-state index in [-0.39, 0.29) is 0 Å². The molecule has 1 saturated heterocycles. The first-order chi connectivity index (χ1) is 7.45. The van der Waals surface area contributed by atoms with Gasteiger partial charge in [-0.2, -0.15) is 0 Å².